The van der Waals surface area contributed by atoms with Crippen LogP contribution in [0.15, 0.2) is 43.0 Å². The molecule has 0 aliphatic carbocycles. The Bertz CT molecular complexity index is 877. The van der Waals surface area contributed by atoms with Crippen LogP contribution < -0.4 is 5.32 Å². The maximum Gasteiger partial charge on any atom is 0.249 e. The van der Waals surface area contributed by atoms with E-state index in [0.717, 1.165) is 34.0 Å². The molecule has 2 aliphatic heterocycles. The van der Waals surface area contributed by atoms with E-state index in [1.54, 1.807) is 11.8 Å². The molecule has 5 nitrogen and oxygen atoms in total. The van der Waals surface area contributed by atoms with E-state index in [9.17, 15) is 9.90 Å². The highest BCUT2D eigenvalue weighted by atomic mass is 32.2. The number of thioether (sulfide) groups is 1. The van der Waals surface area contributed by atoms with Crippen LogP contribution in [0.5, 0.6) is 0 Å². The third kappa shape index (κ3) is 2.63. The van der Waals surface area contributed by atoms with Gasteiger partial charge >= 0.3 is 0 Å². The number of hydrogen-bond acceptors (Lipinski definition) is 6. The van der Waals surface area contributed by atoms with E-state index >= 15 is 0 Å². The van der Waals surface area contributed by atoms with Crippen LogP contribution in [0.25, 0.3) is 5.57 Å². The minimum Gasteiger partial charge on any atom is -0.389 e. The summed E-state index contributed by atoms with van der Waals surface area (Å²) in [5.74, 6) is 1.43. The predicted octanol–water partition coefficient (Wildman–Crippen LogP) is 3.00. The van der Waals surface area contributed by atoms with Crippen molar-refractivity contribution in [1.29, 1.82) is 0 Å². The molecule has 7 heteroatoms. The molecule has 1 spiro atoms. The van der Waals surface area contributed by atoms with Gasteiger partial charge in [0.2, 0.25) is 5.91 Å². The highest BCUT2D eigenvalue weighted by Gasteiger charge is 2.52. The van der Waals surface area contributed by atoms with Crippen LogP contribution in [-0.4, -0.2) is 32.2 Å². The van der Waals surface area contributed by atoms with Crippen LogP contribution in [0.1, 0.15) is 22.8 Å². The number of allylic oxidation sites excluding steroid dienone is 1. The zero-order valence-corrected chi connectivity index (χ0v) is 15.1. The van der Waals surface area contributed by atoms with Gasteiger partial charge in [0, 0.05) is 23.2 Å². The van der Waals surface area contributed by atoms with Gasteiger partial charge in [-0.05, 0) is 29.8 Å². The number of rotatable bonds is 4. The monoisotopic (exact) mass is 371 g/mol. The molecule has 0 fully saturated rings. The fourth-order valence-electron chi connectivity index (χ4n) is 3.23. The lowest BCUT2D eigenvalue weighted by Crippen LogP contribution is -2.34. The summed E-state index contributed by atoms with van der Waals surface area (Å²) in [5.41, 5.74) is 2.75. The number of nitrogens with zero attached hydrogens (tertiary/aromatic N) is 2. The molecule has 1 aromatic heterocycles. The number of benzene rings is 1. The summed E-state index contributed by atoms with van der Waals surface area (Å²) in [5, 5.41) is 13.5. The molecule has 0 saturated carbocycles. The summed E-state index contributed by atoms with van der Waals surface area (Å²) < 4.78 is 3.59. The number of hydrogen-bond donors (Lipinski definition) is 2. The summed E-state index contributed by atoms with van der Waals surface area (Å²) in [7, 11) is 0. The van der Waals surface area contributed by atoms with Gasteiger partial charge in [-0.25, -0.2) is 4.98 Å². The molecule has 2 atom stereocenters. The second-order valence-corrected chi connectivity index (χ2v) is 8.02. The van der Waals surface area contributed by atoms with Gasteiger partial charge < -0.3 is 10.4 Å². The van der Waals surface area contributed by atoms with Crippen molar-refractivity contribution >= 4 is 40.5 Å². The summed E-state index contributed by atoms with van der Waals surface area (Å²) in [4.78, 5) is 17.5. The maximum atomic E-state index is 13.0. The third-order valence-corrected chi connectivity index (χ3v) is 6.69. The number of aliphatic hydroxyl groups excluding tert-OH is 1. The van der Waals surface area contributed by atoms with Gasteiger partial charge in [-0.3, -0.25) is 4.79 Å². The molecule has 4 rings (SSSR count). The number of aromatic nitrogens is 2. The topological polar surface area (TPSA) is 75.1 Å². The molecule has 0 bridgehead atoms. The smallest absolute Gasteiger partial charge is 0.249 e. The number of aliphatic hydroxyl groups is 1. The largest absolute Gasteiger partial charge is 0.389 e. The average Bonchev–Trinajstić information content (AvgIpc) is 3.19. The van der Waals surface area contributed by atoms with Crippen molar-refractivity contribution in [2.75, 3.05) is 11.1 Å². The van der Waals surface area contributed by atoms with Crippen molar-refractivity contribution < 1.29 is 9.90 Å². The summed E-state index contributed by atoms with van der Waals surface area (Å²) in [6.07, 6.45) is 4.13. The lowest BCUT2D eigenvalue weighted by Gasteiger charge is -2.31. The molecule has 128 valence electrons. The fraction of sp³-hybridized carbons (Fsp3) is 0.278. The molecule has 2 N–H and O–H groups in total. The quantitative estimate of drug-likeness (QED) is 0.808. The number of carbonyl (C=O) groups excluding carboxylic acids is 1. The Labute approximate surface area is 154 Å². The first-order chi connectivity index (χ1) is 12.1. The van der Waals surface area contributed by atoms with E-state index < -0.39 is 10.9 Å². The number of para-hydroxylation sites is 1. The molecule has 0 unspecified atom stereocenters. The minimum atomic E-state index is -0.761. The average molecular weight is 371 g/mol. The van der Waals surface area contributed by atoms with E-state index in [1.807, 2.05) is 24.3 Å². The van der Waals surface area contributed by atoms with Crippen LogP contribution in [-0.2, 0) is 16.0 Å². The molecular weight excluding hydrogens is 354 g/mol. The second kappa shape index (κ2) is 6.40. The van der Waals surface area contributed by atoms with Crippen molar-refractivity contribution in [3.63, 3.8) is 0 Å². The first-order valence-electron chi connectivity index (χ1n) is 8.04. The Morgan fingerprint density at radius 3 is 3.12 bits per heavy atom. The van der Waals surface area contributed by atoms with E-state index in [-0.39, 0.29) is 5.91 Å². The van der Waals surface area contributed by atoms with Crippen molar-refractivity contribution in [3.05, 3.63) is 59.4 Å². The number of fused-ring (bicyclic) bond motifs is 2. The molecule has 0 saturated heterocycles. The van der Waals surface area contributed by atoms with Crippen LogP contribution >= 0.6 is 23.3 Å². The van der Waals surface area contributed by atoms with Gasteiger partial charge in [0.1, 0.15) is 15.6 Å². The van der Waals surface area contributed by atoms with Crippen LogP contribution in [0.3, 0.4) is 0 Å². The van der Waals surface area contributed by atoms with E-state index in [1.165, 1.54) is 17.6 Å². The standard InChI is InChI=1S/C18H17N3O2S2/c1-2-11(22)10-15-20-16(25-21-15)13-7-5-9-24-18(13)12-6-3-4-8-14(12)19-17(18)23/h2-4,6-8,11,22H,1,5,9-10H2,(H,19,23)/t11-,18-/m1/s1. The second-order valence-electron chi connectivity index (χ2n) is 5.96. The fourth-order valence-corrected chi connectivity index (χ4v) is 5.48. The first-order valence-corrected chi connectivity index (χ1v) is 9.80. The highest BCUT2D eigenvalue weighted by molar-refractivity contribution is 8.01. The Morgan fingerprint density at radius 2 is 2.28 bits per heavy atom. The van der Waals surface area contributed by atoms with Crippen molar-refractivity contribution in [3.8, 4) is 0 Å². The molecule has 1 aromatic carbocycles. The Morgan fingerprint density at radius 1 is 1.44 bits per heavy atom. The summed E-state index contributed by atoms with van der Waals surface area (Å²) >= 11 is 2.93. The number of carbonyl (C=O) groups is 1. The predicted molar refractivity (Wildman–Crippen MR) is 102 cm³/mol. The van der Waals surface area contributed by atoms with Crippen LogP contribution in [0.2, 0.25) is 0 Å². The van der Waals surface area contributed by atoms with Gasteiger partial charge in [-0.2, -0.15) is 4.37 Å². The van der Waals surface area contributed by atoms with Crippen LogP contribution in [0.4, 0.5) is 5.69 Å². The molecule has 2 aromatic rings. The lowest BCUT2D eigenvalue weighted by atomic mass is 9.90. The Kier molecular flexibility index (Phi) is 4.23. The third-order valence-electron chi connectivity index (χ3n) is 4.40. The van der Waals surface area contributed by atoms with Gasteiger partial charge in [-0.15, -0.1) is 18.3 Å². The van der Waals surface area contributed by atoms with E-state index in [2.05, 4.69) is 27.3 Å². The SMILES string of the molecule is C=C[C@@H](O)Cc1nsc(C2=CCCS[C@@]23C(=O)Nc2ccccc23)n1. The Balaban J connectivity index is 1.77. The van der Waals surface area contributed by atoms with Crippen molar-refractivity contribution in [2.45, 2.75) is 23.7 Å². The zero-order valence-electron chi connectivity index (χ0n) is 13.4. The van der Waals surface area contributed by atoms with Crippen molar-refractivity contribution in [1.82, 2.24) is 9.36 Å². The van der Waals surface area contributed by atoms with E-state index in [4.69, 9.17) is 0 Å². The maximum absolute atomic E-state index is 13.0. The lowest BCUT2D eigenvalue weighted by molar-refractivity contribution is -0.116. The molecule has 3 heterocycles. The molecule has 2 aliphatic rings. The minimum absolute atomic E-state index is 0.0208. The number of nitrogens with one attached hydrogen (secondary N) is 1. The molecular formula is C18H17N3O2S2. The molecule has 0 radical (unpaired) electrons. The number of amides is 1. The van der Waals surface area contributed by atoms with Crippen molar-refractivity contribution in [2.24, 2.45) is 0 Å². The van der Waals surface area contributed by atoms with E-state index in [0.29, 0.717) is 12.2 Å². The first kappa shape index (κ1) is 16.5. The molecule has 1 amide bonds. The van der Waals surface area contributed by atoms with Gasteiger partial charge in [0.25, 0.3) is 0 Å². The van der Waals surface area contributed by atoms with Gasteiger partial charge in [0.05, 0.1) is 6.10 Å². The summed E-state index contributed by atoms with van der Waals surface area (Å²) in [6, 6.07) is 7.82. The normalized spacial score (nSPS) is 23.1. The summed E-state index contributed by atoms with van der Waals surface area (Å²) in [6.45, 7) is 3.58. The zero-order chi connectivity index (χ0) is 17.4. The van der Waals surface area contributed by atoms with Gasteiger partial charge in [-0.1, -0.05) is 30.4 Å². The van der Waals surface area contributed by atoms with Gasteiger partial charge in [0.15, 0.2) is 0 Å². The molecule has 25 heavy (non-hydrogen) atoms. The number of anilines is 1. The van der Waals surface area contributed by atoms with Crippen LogP contribution in [0, 0.1) is 0 Å². The highest BCUT2D eigenvalue weighted by Crippen LogP contribution is 2.56. The Hall–Kier alpha value is -1.96.